The number of nitrogens with one attached hydrogen (secondary N) is 1. The molecule has 6 nitrogen and oxygen atoms in total. The molecule has 2 aliphatic rings. The maximum Gasteiger partial charge on any atom is 0.241 e. The van der Waals surface area contributed by atoms with E-state index >= 15 is 0 Å². The Morgan fingerprint density at radius 3 is 1.73 bits per heavy atom. The molecule has 1 N–H and O–H groups in total. The summed E-state index contributed by atoms with van der Waals surface area (Å²) in [5.41, 5.74) is 3.25. The Morgan fingerprint density at radius 2 is 1.18 bits per heavy atom. The fraction of sp³-hybridized carbons (Fsp3) is 0.259. The van der Waals surface area contributed by atoms with Crippen LogP contribution in [0.25, 0.3) is 0 Å². The molecule has 5 rings (SSSR count). The van der Waals surface area contributed by atoms with Gasteiger partial charge in [0, 0.05) is 44.1 Å². The predicted molar refractivity (Wildman–Crippen MR) is 132 cm³/mol. The van der Waals surface area contributed by atoms with Crippen LogP contribution in [0.15, 0.2) is 91.0 Å². The lowest BCUT2D eigenvalue weighted by Crippen LogP contribution is -2.50. The quantitative estimate of drug-likeness (QED) is 0.675. The lowest BCUT2D eigenvalue weighted by atomic mass is 10.2. The zero-order chi connectivity index (χ0) is 22.9. The van der Waals surface area contributed by atoms with E-state index in [1.807, 2.05) is 88.7 Å². The minimum atomic E-state index is 0.150. The summed E-state index contributed by atoms with van der Waals surface area (Å²) in [6, 6.07) is 30.0. The molecule has 33 heavy (non-hydrogen) atoms. The topological polar surface area (TPSA) is 55.9 Å². The molecule has 6 heteroatoms. The van der Waals surface area contributed by atoms with Crippen molar-refractivity contribution in [1.29, 1.82) is 0 Å². The van der Waals surface area contributed by atoms with E-state index in [2.05, 4.69) is 22.3 Å². The van der Waals surface area contributed by atoms with E-state index < -0.39 is 0 Å². The minimum absolute atomic E-state index is 0.150. The molecule has 0 unspecified atom stereocenters. The number of rotatable bonds is 4. The van der Waals surface area contributed by atoms with Crippen LogP contribution < -0.4 is 15.1 Å². The standard InChI is InChI=1S/C17H18N2O.C10H12N2O/c20-17-14-18(13-15-7-3-1-4-8-15)11-12-19(17)16-9-5-2-6-10-16;13-10-8-11-6-7-12(10)9-4-2-1-3-5-9/h1-10H,11-14H2;1-5,11H,6-8H2. The van der Waals surface area contributed by atoms with Crippen LogP contribution in [0.5, 0.6) is 0 Å². The molecule has 2 saturated heterocycles. The monoisotopic (exact) mass is 442 g/mol. The van der Waals surface area contributed by atoms with Crippen LogP contribution in [-0.4, -0.2) is 56.0 Å². The number of para-hydroxylation sites is 2. The number of carbonyl (C=O) groups is 2. The highest BCUT2D eigenvalue weighted by molar-refractivity contribution is 5.96. The molecule has 0 aliphatic carbocycles. The summed E-state index contributed by atoms with van der Waals surface area (Å²) in [7, 11) is 0. The molecule has 0 atom stereocenters. The number of hydrogen-bond acceptors (Lipinski definition) is 4. The molecule has 2 heterocycles. The Labute approximate surface area is 195 Å². The Balaban J connectivity index is 0.000000172. The molecule has 2 aliphatic heterocycles. The molecule has 3 aromatic carbocycles. The van der Waals surface area contributed by atoms with Gasteiger partial charge in [-0.1, -0.05) is 66.7 Å². The second kappa shape index (κ2) is 11.4. The maximum atomic E-state index is 12.3. The van der Waals surface area contributed by atoms with Crippen LogP contribution in [-0.2, 0) is 16.1 Å². The van der Waals surface area contributed by atoms with Crippen molar-refractivity contribution in [2.45, 2.75) is 6.54 Å². The molecular weight excluding hydrogens is 412 g/mol. The van der Waals surface area contributed by atoms with Gasteiger partial charge < -0.3 is 15.1 Å². The number of amides is 2. The molecule has 3 aromatic rings. The number of anilines is 2. The van der Waals surface area contributed by atoms with Gasteiger partial charge in [-0.3, -0.25) is 14.5 Å². The lowest BCUT2D eigenvalue weighted by Gasteiger charge is -2.34. The Morgan fingerprint density at radius 1 is 0.636 bits per heavy atom. The third kappa shape index (κ3) is 6.28. The summed E-state index contributed by atoms with van der Waals surface area (Å²) in [5.74, 6) is 0.329. The van der Waals surface area contributed by atoms with Gasteiger partial charge in [0.25, 0.3) is 0 Å². The molecule has 0 radical (unpaired) electrons. The average Bonchev–Trinajstić information content (AvgIpc) is 2.87. The van der Waals surface area contributed by atoms with Gasteiger partial charge in [0.1, 0.15) is 0 Å². The smallest absolute Gasteiger partial charge is 0.241 e. The summed E-state index contributed by atoms with van der Waals surface area (Å²) in [6.45, 7) is 5.10. The molecule has 0 aromatic heterocycles. The first-order valence-electron chi connectivity index (χ1n) is 11.4. The van der Waals surface area contributed by atoms with E-state index in [4.69, 9.17) is 0 Å². The number of piperazine rings is 2. The molecule has 2 fully saturated rings. The van der Waals surface area contributed by atoms with E-state index in [0.29, 0.717) is 13.1 Å². The Kier molecular flexibility index (Phi) is 7.85. The summed E-state index contributed by atoms with van der Waals surface area (Å²) in [6.07, 6.45) is 0. The van der Waals surface area contributed by atoms with Crippen LogP contribution >= 0.6 is 0 Å². The summed E-state index contributed by atoms with van der Waals surface area (Å²) >= 11 is 0. The third-order valence-corrected chi connectivity index (χ3v) is 5.77. The zero-order valence-corrected chi connectivity index (χ0v) is 18.8. The van der Waals surface area contributed by atoms with Crippen molar-refractivity contribution in [2.24, 2.45) is 0 Å². The van der Waals surface area contributed by atoms with Gasteiger partial charge in [-0.15, -0.1) is 0 Å². The summed E-state index contributed by atoms with van der Waals surface area (Å²) < 4.78 is 0. The van der Waals surface area contributed by atoms with Crippen LogP contribution in [0, 0.1) is 0 Å². The van der Waals surface area contributed by atoms with E-state index in [0.717, 1.165) is 44.1 Å². The second-order valence-corrected chi connectivity index (χ2v) is 8.13. The van der Waals surface area contributed by atoms with Crippen LogP contribution in [0.3, 0.4) is 0 Å². The second-order valence-electron chi connectivity index (χ2n) is 8.13. The third-order valence-electron chi connectivity index (χ3n) is 5.77. The van der Waals surface area contributed by atoms with Gasteiger partial charge in [-0.25, -0.2) is 0 Å². The van der Waals surface area contributed by atoms with Crippen LogP contribution in [0.1, 0.15) is 5.56 Å². The van der Waals surface area contributed by atoms with Crippen molar-refractivity contribution >= 4 is 23.2 Å². The summed E-state index contributed by atoms with van der Waals surface area (Å²) in [4.78, 5) is 29.6. The fourth-order valence-electron chi connectivity index (χ4n) is 4.07. The highest BCUT2D eigenvalue weighted by Crippen LogP contribution is 2.18. The highest BCUT2D eigenvalue weighted by atomic mass is 16.2. The van der Waals surface area contributed by atoms with Crippen molar-refractivity contribution < 1.29 is 9.59 Å². The Bertz CT molecular complexity index is 1030. The van der Waals surface area contributed by atoms with E-state index in [-0.39, 0.29) is 11.8 Å². The normalized spacial score (nSPS) is 16.8. The molecule has 0 spiro atoms. The highest BCUT2D eigenvalue weighted by Gasteiger charge is 2.24. The first kappa shape index (κ1) is 22.7. The lowest BCUT2D eigenvalue weighted by molar-refractivity contribution is -0.121. The van der Waals surface area contributed by atoms with E-state index in [9.17, 15) is 9.59 Å². The fourth-order valence-corrected chi connectivity index (χ4v) is 4.07. The Hall–Kier alpha value is -3.48. The largest absolute Gasteiger partial charge is 0.310 e. The molecule has 0 bridgehead atoms. The first-order chi connectivity index (χ1) is 16.2. The molecule has 170 valence electrons. The van der Waals surface area contributed by atoms with Crippen molar-refractivity contribution in [2.75, 3.05) is 49.1 Å². The average molecular weight is 443 g/mol. The van der Waals surface area contributed by atoms with Crippen LogP contribution in [0.2, 0.25) is 0 Å². The minimum Gasteiger partial charge on any atom is -0.310 e. The van der Waals surface area contributed by atoms with Gasteiger partial charge in [0.2, 0.25) is 11.8 Å². The van der Waals surface area contributed by atoms with Crippen LogP contribution in [0.4, 0.5) is 11.4 Å². The van der Waals surface area contributed by atoms with Gasteiger partial charge in [0.15, 0.2) is 0 Å². The van der Waals surface area contributed by atoms with Gasteiger partial charge >= 0.3 is 0 Å². The van der Waals surface area contributed by atoms with Gasteiger partial charge in [-0.2, -0.15) is 0 Å². The maximum absolute atomic E-state index is 12.3. The SMILES string of the molecule is O=C1CN(Cc2ccccc2)CCN1c1ccccc1.O=C1CNCCN1c1ccccc1. The van der Waals surface area contributed by atoms with Gasteiger partial charge in [0.05, 0.1) is 13.1 Å². The van der Waals surface area contributed by atoms with E-state index in [1.54, 1.807) is 0 Å². The first-order valence-corrected chi connectivity index (χ1v) is 11.4. The van der Waals surface area contributed by atoms with Crippen molar-refractivity contribution in [3.05, 3.63) is 96.6 Å². The number of carbonyl (C=O) groups excluding carboxylic acids is 2. The predicted octanol–water partition coefficient (Wildman–Crippen LogP) is 3.16. The van der Waals surface area contributed by atoms with Crippen molar-refractivity contribution in [3.8, 4) is 0 Å². The van der Waals surface area contributed by atoms with Crippen molar-refractivity contribution in [1.82, 2.24) is 10.2 Å². The summed E-state index contributed by atoms with van der Waals surface area (Å²) in [5, 5.41) is 3.04. The molecule has 2 amide bonds. The number of nitrogens with zero attached hydrogens (tertiary/aromatic N) is 3. The van der Waals surface area contributed by atoms with E-state index in [1.165, 1.54) is 5.56 Å². The zero-order valence-electron chi connectivity index (χ0n) is 18.8. The van der Waals surface area contributed by atoms with Crippen molar-refractivity contribution in [3.63, 3.8) is 0 Å². The van der Waals surface area contributed by atoms with Gasteiger partial charge in [-0.05, 0) is 29.8 Å². The molecule has 0 saturated carbocycles. The number of benzene rings is 3. The molecular formula is C27H30N4O2. The number of hydrogen-bond donors (Lipinski definition) is 1.